The largest absolute Gasteiger partial charge is 0.331 e. The van der Waals surface area contributed by atoms with Gasteiger partial charge in [0, 0.05) is 11.4 Å². The van der Waals surface area contributed by atoms with Crippen molar-refractivity contribution in [1.82, 2.24) is 0 Å². The Morgan fingerprint density at radius 3 is 2.47 bits per heavy atom. The first-order valence-electron chi connectivity index (χ1n) is 6.65. The maximum atomic E-state index is 4.13. The molecule has 1 aromatic rings. The highest BCUT2D eigenvalue weighted by molar-refractivity contribution is 5.58. The van der Waals surface area contributed by atoms with E-state index in [4.69, 9.17) is 0 Å². The summed E-state index contributed by atoms with van der Waals surface area (Å²) in [6.07, 6.45) is 8.61. The molecule has 2 atom stereocenters. The first kappa shape index (κ1) is 13.4. The number of hydrogen-bond donors (Lipinski definition) is 0. The molecule has 2 rings (SSSR count). The number of nitrogens with zero attached hydrogens (tertiary/aromatic N) is 1. The predicted molar refractivity (Wildman–Crippen MR) is 84.1 cm³/mol. The quantitative estimate of drug-likeness (QED) is 0.553. The number of allylic oxidation sites excluding steroid dienone is 3. The van der Waals surface area contributed by atoms with Crippen molar-refractivity contribution in [1.29, 1.82) is 0 Å². The summed E-state index contributed by atoms with van der Waals surface area (Å²) in [6.45, 7) is 12.4. The van der Waals surface area contributed by atoms with Gasteiger partial charge in [0.25, 0.3) is 0 Å². The van der Waals surface area contributed by atoms with Gasteiger partial charge in [0.2, 0.25) is 0 Å². The van der Waals surface area contributed by atoms with Gasteiger partial charge < -0.3 is 4.90 Å². The summed E-state index contributed by atoms with van der Waals surface area (Å²) in [5.74, 6) is 0.505. The van der Waals surface area contributed by atoms with Gasteiger partial charge in [-0.25, -0.2) is 0 Å². The van der Waals surface area contributed by atoms with Crippen molar-refractivity contribution >= 4 is 5.69 Å². The standard InChI is InChI=1S/C18H21N/c1-5-16(4)19(17-9-7-6-8-10-17)18-12-11-14(2)13-15(18)3/h5-14,18H,1,4H2,2-3H3/t14-,18?/m0/s1. The average molecular weight is 251 g/mol. The third kappa shape index (κ3) is 2.87. The van der Waals surface area contributed by atoms with Gasteiger partial charge in [-0.05, 0) is 31.1 Å². The molecule has 0 aromatic heterocycles. The van der Waals surface area contributed by atoms with Gasteiger partial charge in [0.15, 0.2) is 0 Å². The summed E-state index contributed by atoms with van der Waals surface area (Å²) in [4.78, 5) is 2.22. The molecular weight excluding hydrogens is 230 g/mol. The fourth-order valence-electron chi connectivity index (χ4n) is 2.48. The maximum Gasteiger partial charge on any atom is 0.0733 e. The molecule has 0 fully saturated rings. The van der Waals surface area contributed by atoms with Crippen molar-refractivity contribution in [2.75, 3.05) is 4.90 Å². The number of rotatable bonds is 4. The second-order valence-corrected chi connectivity index (χ2v) is 5.00. The Hall–Kier alpha value is -2.02. The van der Waals surface area contributed by atoms with Crippen LogP contribution < -0.4 is 4.90 Å². The van der Waals surface area contributed by atoms with E-state index in [2.05, 4.69) is 62.3 Å². The van der Waals surface area contributed by atoms with Crippen molar-refractivity contribution < 1.29 is 0 Å². The van der Waals surface area contributed by atoms with E-state index in [1.54, 1.807) is 0 Å². The van der Waals surface area contributed by atoms with E-state index in [-0.39, 0.29) is 6.04 Å². The molecule has 0 N–H and O–H groups in total. The van der Waals surface area contributed by atoms with Crippen LogP contribution in [0.3, 0.4) is 0 Å². The second-order valence-electron chi connectivity index (χ2n) is 5.00. The summed E-state index contributed by atoms with van der Waals surface area (Å²) in [5.41, 5.74) is 3.41. The highest BCUT2D eigenvalue weighted by atomic mass is 15.2. The number of para-hydroxylation sites is 1. The molecule has 98 valence electrons. The van der Waals surface area contributed by atoms with Crippen LogP contribution in [0.2, 0.25) is 0 Å². The molecule has 1 nitrogen and oxygen atoms in total. The van der Waals surface area contributed by atoms with Gasteiger partial charge in [0.05, 0.1) is 6.04 Å². The molecule has 0 heterocycles. The van der Waals surface area contributed by atoms with Crippen LogP contribution in [0.1, 0.15) is 13.8 Å². The summed E-state index contributed by atoms with van der Waals surface area (Å²) in [5, 5.41) is 0. The van der Waals surface area contributed by atoms with Gasteiger partial charge in [-0.1, -0.05) is 62.1 Å². The van der Waals surface area contributed by atoms with Crippen LogP contribution in [0.5, 0.6) is 0 Å². The van der Waals surface area contributed by atoms with Crippen LogP contribution in [0, 0.1) is 5.92 Å². The smallest absolute Gasteiger partial charge is 0.0733 e. The molecule has 0 bridgehead atoms. The van der Waals surface area contributed by atoms with Crippen LogP contribution >= 0.6 is 0 Å². The Kier molecular flexibility index (Phi) is 4.06. The molecule has 1 aliphatic rings. The highest BCUT2D eigenvalue weighted by Crippen LogP contribution is 2.29. The molecule has 0 aliphatic heterocycles. The molecule has 0 spiro atoms. The van der Waals surface area contributed by atoms with Crippen molar-refractivity contribution in [2.45, 2.75) is 19.9 Å². The van der Waals surface area contributed by atoms with Crippen molar-refractivity contribution in [3.05, 3.63) is 79.1 Å². The zero-order valence-corrected chi connectivity index (χ0v) is 11.7. The minimum atomic E-state index is 0.226. The maximum absolute atomic E-state index is 4.13. The number of hydrogen-bond acceptors (Lipinski definition) is 1. The van der Waals surface area contributed by atoms with Crippen molar-refractivity contribution in [3.63, 3.8) is 0 Å². The fourth-order valence-corrected chi connectivity index (χ4v) is 2.48. The SMILES string of the molecule is C=CC(=C)N(c1ccccc1)C1C=C[C@H](C)C=C1C. The van der Waals surface area contributed by atoms with E-state index in [1.807, 2.05) is 24.3 Å². The normalized spacial score (nSPS) is 21.7. The van der Waals surface area contributed by atoms with E-state index in [0.29, 0.717) is 5.92 Å². The van der Waals surface area contributed by atoms with Gasteiger partial charge in [0.1, 0.15) is 0 Å². The minimum Gasteiger partial charge on any atom is -0.331 e. The molecule has 0 radical (unpaired) electrons. The molecule has 1 aromatic carbocycles. The minimum absolute atomic E-state index is 0.226. The molecule has 1 aliphatic carbocycles. The number of benzene rings is 1. The summed E-state index contributed by atoms with van der Waals surface area (Å²) >= 11 is 0. The van der Waals surface area contributed by atoms with Gasteiger partial charge >= 0.3 is 0 Å². The summed E-state index contributed by atoms with van der Waals surface area (Å²) in [7, 11) is 0. The van der Waals surface area contributed by atoms with E-state index in [0.717, 1.165) is 11.4 Å². The third-order valence-corrected chi connectivity index (χ3v) is 3.45. The van der Waals surface area contributed by atoms with E-state index in [1.165, 1.54) is 5.57 Å². The lowest BCUT2D eigenvalue weighted by Crippen LogP contribution is -2.34. The van der Waals surface area contributed by atoms with Crippen LogP contribution in [-0.2, 0) is 0 Å². The fraction of sp³-hybridized carbons (Fsp3) is 0.222. The Bertz CT molecular complexity index is 522. The summed E-state index contributed by atoms with van der Waals surface area (Å²) < 4.78 is 0. The average Bonchev–Trinajstić information content (AvgIpc) is 2.42. The molecule has 19 heavy (non-hydrogen) atoms. The Labute approximate surface area is 116 Å². The number of anilines is 1. The molecule has 0 amide bonds. The van der Waals surface area contributed by atoms with E-state index in [9.17, 15) is 0 Å². The van der Waals surface area contributed by atoms with Crippen LogP contribution in [0.4, 0.5) is 5.69 Å². The lowest BCUT2D eigenvalue weighted by atomic mass is 9.94. The Balaban J connectivity index is 2.40. The van der Waals surface area contributed by atoms with Crippen LogP contribution in [0.15, 0.2) is 79.1 Å². The third-order valence-electron chi connectivity index (χ3n) is 3.45. The van der Waals surface area contributed by atoms with Gasteiger partial charge in [-0.15, -0.1) is 0 Å². The van der Waals surface area contributed by atoms with Crippen molar-refractivity contribution in [3.8, 4) is 0 Å². The van der Waals surface area contributed by atoms with Crippen LogP contribution in [-0.4, -0.2) is 6.04 Å². The predicted octanol–water partition coefficient (Wildman–Crippen LogP) is 4.71. The molecule has 0 saturated carbocycles. The monoisotopic (exact) mass is 251 g/mol. The lowest BCUT2D eigenvalue weighted by Gasteiger charge is -2.35. The topological polar surface area (TPSA) is 3.24 Å². The van der Waals surface area contributed by atoms with Gasteiger partial charge in [-0.3, -0.25) is 0 Å². The zero-order valence-electron chi connectivity index (χ0n) is 11.7. The lowest BCUT2D eigenvalue weighted by molar-refractivity contribution is 0.788. The highest BCUT2D eigenvalue weighted by Gasteiger charge is 2.22. The second kappa shape index (κ2) is 5.75. The summed E-state index contributed by atoms with van der Waals surface area (Å²) in [6, 6.07) is 10.6. The molecule has 1 unspecified atom stereocenters. The first-order valence-corrected chi connectivity index (χ1v) is 6.65. The van der Waals surface area contributed by atoms with Crippen LogP contribution in [0.25, 0.3) is 0 Å². The first-order chi connectivity index (χ1) is 9.13. The zero-order chi connectivity index (χ0) is 13.8. The van der Waals surface area contributed by atoms with Crippen molar-refractivity contribution in [2.24, 2.45) is 5.92 Å². The van der Waals surface area contributed by atoms with Gasteiger partial charge in [-0.2, -0.15) is 0 Å². The Morgan fingerprint density at radius 1 is 1.21 bits per heavy atom. The Morgan fingerprint density at radius 2 is 1.89 bits per heavy atom. The molecule has 1 heteroatoms. The molecule has 0 saturated heterocycles. The van der Waals surface area contributed by atoms with E-state index >= 15 is 0 Å². The molecular formula is C18H21N. The van der Waals surface area contributed by atoms with E-state index < -0.39 is 0 Å².